The van der Waals surface area contributed by atoms with E-state index < -0.39 is 84.6 Å². The van der Waals surface area contributed by atoms with Gasteiger partial charge in [0.25, 0.3) is 0 Å². The van der Waals surface area contributed by atoms with Gasteiger partial charge in [-0.3, -0.25) is 37.3 Å². The number of unbranched alkanes of at least 4 members (excludes halogenated alkanes) is 4. The monoisotopic (exact) mass is 977 g/mol. The van der Waals surface area contributed by atoms with Crippen LogP contribution in [-0.4, -0.2) is 128 Å². The number of hydrogen-bond acceptors (Lipinski definition) is 19. The fourth-order valence-electron chi connectivity index (χ4n) is 6.00. The lowest BCUT2D eigenvalue weighted by atomic mass is 9.87. The van der Waals surface area contributed by atoms with Crippen LogP contribution in [0.2, 0.25) is 0 Å². The molecule has 0 aliphatic carbocycles. The number of imidazole rings is 1. The largest absolute Gasteiger partial charge is 0.481 e. The molecule has 63 heavy (non-hydrogen) atoms. The number of carbonyl (C=O) groups is 4. The Hall–Kier alpha value is -2.77. The molecule has 1 aliphatic rings. The molecule has 1 fully saturated rings. The average molecular weight is 978 g/mol. The maximum absolute atomic E-state index is 12.7. The van der Waals surface area contributed by atoms with Gasteiger partial charge in [-0.05, 0) is 12.3 Å². The molecule has 10 N–H and O–H groups in total. The van der Waals surface area contributed by atoms with Crippen LogP contribution in [0.3, 0.4) is 0 Å². The molecule has 2 aromatic heterocycles. The number of nitrogens with zero attached hydrogens (tertiary/aromatic N) is 4. The zero-order valence-corrected chi connectivity index (χ0v) is 38.7. The summed E-state index contributed by atoms with van der Waals surface area (Å²) < 4.78 is 62.3. The second-order valence-corrected chi connectivity index (χ2v) is 21.1. The van der Waals surface area contributed by atoms with Crippen LogP contribution in [0, 0.1) is 11.3 Å². The summed E-state index contributed by atoms with van der Waals surface area (Å²) in [7, 11) is -16.4. The molecule has 0 radical (unpaired) electrons. The summed E-state index contributed by atoms with van der Waals surface area (Å²) in [6.07, 6.45) is -0.579. The van der Waals surface area contributed by atoms with E-state index in [1.165, 1.54) is 26.7 Å². The lowest BCUT2D eigenvalue weighted by Crippen LogP contribution is -2.46. The van der Waals surface area contributed by atoms with Crippen LogP contribution in [0.4, 0.5) is 5.82 Å². The molecule has 25 nitrogen and oxygen atoms in total. The van der Waals surface area contributed by atoms with Gasteiger partial charge >= 0.3 is 23.5 Å². The van der Waals surface area contributed by atoms with E-state index in [0.717, 1.165) is 54.7 Å². The second kappa shape index (κ2) is 24.7. The van der Waals surface area contributed by atoms with Gasteiger partial charge in [-0.2, -0.15) is 4.31 Å². The first-order chi connectivity index (χ1) is 29.3. The summed E-state index contributed by atoms with van der Waals surface area (Å²) in [5, 5.41) is 26.1. The maximum atomic E-state index is 12.7. The molecular weight excluding hydrogens is 919 g/mol. The third-order valence-electron chi connectivity index (χ3n) is 9.34. The van der Waals surface area contributed by atoms with E-state index in [9.17, 15) is 62.7 Å². The van der Waals surface area contributed by atoms with Crippen molar-refractivity contribution >= 4 is 74.9 Å². The summed E-state index contributed by atoms with van der Waals surface area (Å²) in [4.78, 5) is 100. The van der Waals surface area contributed by atoms with Crippen molar-refractivity contribution < 1.29 is 85.3 Å². The van der Waals surface area contributed by atoms with Gasteiger partial charge in [0.1, 0.15) is 42.0 Å². The normalized spacial score (nSPS) is 20.6. The van der Waals surface area contributed by atoms with Crippen molar-refractivity contribution in [3.05, 3.63) is 12.7 Å². The molecule has 29 heteroatoms. The Labute approximate surface area is 367 Å². The first kappa shape index (κ1) is 54.6. The number of nitrogen functional groups attached to an aromatic ring is 1. The highest BCUT2D eigenvalue weighted by Gasteiger charge is 2.50. The first-order valence-corrected chi connectivity index (χ1v) is 25.4. The molecule has 1 aliphatic heterocycles. The number of ether oxygens (including phenoxy) is 1. The number of amides is 2. The van der Waals surface area contributed by atoms with Gasteiger partial charge in [0.2, 0.25) is 11.8 Å². The van der Waals surface area contributed by atoms with E-state index >= 15 is 0 Å². The van der Waals surface area contributed by atoms with Gasteiger partial charge in [-0.25, -0.2) is 28.6 Å². The number of phosphoric ester groups is 3. The Kier molecular flexibility index (Phi) is 21.4. The molecule has 2 unspecified atom stereocenters. The van der Waals surface area contributed by atoms with Gasteiger partial charge in [0.05, 0.1) is 26.0 Å². The predicted molar refractivity (Wildman–Crippen MR) is 224 cm³/mol. The average Bonchev–Trinajstić information content (AvgIpc) is 3.74. The Morgan fingerprint density at radius 1 is 0.952 bits per heavy atom. The van der Waals surface area contributed by atoms with Gasteiger partial charge < -0.3 is 50.9 Å². The standard InChI is InChI=1S/C34H58N7O18P3S/c1-21(2)10-8-6-5-7-9-11-22(42)16-25(44)63-15-14-36-24(43)12-13-37-32(47)29(46)34(3,4)18-56-62(53,54)59-61(51,52)55-17-23-28(58-60(48,49)50)27(45)33(57-23)41-20-40-26-30(35)38-19-39-31(26)41/h19-21,23,27-29,33,45-46H,5-18H2,1-4H3,(H,36,43)(H,37,47)(H,51,52)(H,53,54)(H2,35,38,39)(H2,48,49,50)/t23-,27-,28-,29+,33-/m0/s1. The molecule has 3 heterocycles. The highest BCUT2D eigenvalue weighted by Crippen LogP contribution is 2.61. The minimum atomic E-state index is -5.59. The molecular formula is C34H58N7O18P3S. The number of Topliss-reactive ketones (excluding diaryl/α,β-unsaturated/α-hetero) is 1. The summed E-state index contributed by atoms with van der Waals surface area (Å²) in [5.41, 5.74) is 4.24. The van der Waals surface area contributed by atoms with Crippen molar-refractivity contribution in [2.75, 3.05) is 37.8 Å². The minimum Gasteiger partial charge on any atom is -0.386 e. The van der Waals surface area contributed by atoms with Crippen LogP contribution < -0.4 is 16.4 Å². The number of aromatic nitrogens is 4. The van der Waals surface area contributed by atoms with E-state index in [4.69, 9.17) is 19.5 Å². The van der Waals surface area contributed by atoms with E-state index in [-0.39, 0.29) is 59.6 Å². The highest BCUT2D eigenvalue weighted by molar-refractivity contribution is 8.13. The summed E-state index contributed by atoms with van der Waals surface area (Å²) in [5.74, 6) is -0.729. The van der Waals surface area contributed by atoms with Gasteiger partial charge in [-0.15, -0.1) is 0 Å². The first-order valence-electron chi connectivity index (χ1n) is 19.9. The topological polar surface area (TPSA) is 381 Å². The van der Waals surface area contributed by atoms with Gasteiger partial charge in [-0.1, -0.05) is 71.6 Å². The van der Waals surface area contributed by atoms with Crippen LogP contribution in [0.25, 0.3) is 11.2 Å². The van der Waals surface area contributed by atoms with E-state index in [1.54, 1.807) is 0 Å². The molecule has 0 bridgehead atoms. The zero-order chi connectivity index (χ0) is 47.2. The van der Waals surface area contributed by atoms with E-state index in [1.807, 2.05) is 0 Å². The number of phosphoric acid groups is 3. The van der Waals surface area contributed by atoms with Crippen molar-refractivity contribution in [2.24, 2.45) is 11.3 Å². The van der Waals surface area contributed by atoms with Crippen LogP contribution in [0.5, 0.6) is 0 Å². The molecule has 0 saturated carbocycles. The Bertz CT molecular complexity index is 2000. The number of rotatable bonds is 29. The van der Waals surface area contributed by atoms with Crippen molar-refractivity contribution in [1.82, 2.24) is 30.2 Å². The van der Waals surface area contributed by atoms with Gasteiger partial charge in [0, 0.05) is 37.1 Å². The van der Waals surface area contributed by atoms with E-state index in [0.29, 0.717) is 12.3 Å². The van der Waals surface area contributed by atoms with Crippen LogP contribution in [-0.2, 0) is 55.5 Å². The Balaban J connectivity index is 1.38. The quantitative estimate of drug-likeness (QED) is 0.0320. The Morgan fingerprint density at radius 2 is 1.62 bits per heavy atom. The summed E-state index contributed by atoms with van der Waals surface area (Å²) in [6.45, 7) is 4.71. The molecule has 2 amide bonds. The van der Waals surface area contributed by atoms with Crippen molar-refractivity contribution in [3.8, 4) is 0 Å². The number of thioether (sulfide) groups is 1. The molecule has 0 aromatic carbocycles. The number of aliphatic hydroxyl groups excluding tert-OH is 2. The summed E-state index contributed by atoms with van der Waals surface area (Å²) >= 11 is 0.931. The highest BCUT2D eigenvalue weighted by atomic mass is 32.2. The predicted octanol–water partition coefficient (Wildman–Crippen LogP) is 2.01. The van der Waals surface area contributed by atoms with E-state index in [2.05, 4.69) is 48.3 Å². The molecule has 0 spiro atoms. The fourth-order valence-corrected chi connectivity index (χ4v) is 9.52. The number of carbonyl (C=O) groups excluding carboxylic acids is 4. The van der Waals surface area contributed by atoms with Crippen molar-refractivity contribution in [2.45, 2.75) is 116 Å². The number of nitrogens with one attached hydrogen (secondary N) is 2. The Morgan fingerprint density at radius 3 is 2.30 bits per heavy atom. The number of fused-ring (bicyclic) bond motifs is 1. The second-order valence-electron chi connectivity index (χ2n) is 15.7. The zero-order valence-electron chi connectivity index (χ0n) is 35.2. The molecule has 7 atom stereocenters. The maximum Gasteiger partial charge on any atom is 0.481 e. The molecule has 2 aromatic rings. The minimum absolute atomic E-state index is 0.0255. The third kappa shape index (κ3) is 18.9. The lowest BCUT2D eigenvalue weighted by molar-refractivity contribution is -0.137. The van der Waals surface area contributed by atoms with Crippen LogP contribution in [0.1, 0.15) is 91.7 Å². The molecule has 3 rings (SSSR count). The fraction of sp³-hybridized carbons (Fsp3) is 0.735. The van der Waals surface area contributed by atoms with Crippen LogP contribution in [0.15, 0.2) is 12.7 Å². The van der Waals surface area contributed by atoms with Gasteiger partial charge in [0.15, 0.2) is 22.8 Å². The molecule has 358 valence electrons. The third-order valence-corrected chi connectivity index (χ3v) is 13.3. The number of aliphatic hydroxyl groups is 2. The summed E-state index contributed by atoms with van der Waals surface area (Å²) in [6, 6.07) is 0. The smallest absolute Gasteiger partial charge is 0.386 e. The lowest BCUT2D eigenvalue weighted by Gasteiger charge is -2.30. The number of ketones is 1. The van der Waals surface area contributed by atoms with Crippen molar-refractivity contribution in [3.63, 3.8) is 0 Å². The number of nitrogens with two attached hydrogens (primary N) is 1. The SMILES string of the molecule is CC(C)CCCCCCCC(=O)CC(=O)SCCNC(=O)CCNC(=O)[C@@H](O)C(C)(C)COP(=O)(O)OP(=O)(O)OC[C@@H]1O[C@H](n2cnc3c(N)ncnc32)[C@@H](O)[C@H]1OP(=O)(O)O. The molecule has 1 saturated heterocycles. The number of anilines is 1. The van der Waals surface area contributed by atoms with Crippen molar-refractivity contribution in [1.29, 1.82) is 0 Å². The number of hydrogen-bond donors (Lipinski definition) is 9. The van der Waals surface area contributed by atoms with Crippen LogP contribution >= 0.6 is 35.2 Å².